The summed E-state index contributed by atoms with van der Waals surface area (Å²) >= 11 is 0. The van der Waals surface area contributed by atoms with Crippen molar-refractivity contribution in [3.8, 4) is 11.3 Å². The minimum atomic E-state index is -0.185. The van der Waals surface area contributed by atoms with Crippen LogP contribution in [-0.4, -0.2) is 64.4 Å². The predicted molar refractivity (Wildman–Crippen MR) is 145 cm³/mol. The van der Waals surface area contributed by atoms with Crippen LogP contribution in [0.2, 0.25) is 0 Å². The van der Waals surface area contributed by atoms with E-state index >= 15 is 0 Å². The Morgan fingerprint density at radius 1 is 1.03 bits per heavy atom. The van der Waals surface area contributed by atoms with Gasteiger partial charge in [0.05, 0.1) is 5.69 Å². The first-order chi connectivity index (χ1) is 17.5. The number of aliphatic hydroxyl groups is 1. The van der Waals surface area contributed by atoms with Gasteiger partial charge in [0.15, 0.2) is 0 Å². The molecule has 2 aromatic heterocycles. The first kappa shape index (κ1) is 24.0. The number of hydrogen-bond donors (Lipinski definition) is 2. The molecule has 1 saturated heterocycles. The number of nitrogens with zero attached hydrogens (tertiary/aromatic N) is 5. The van der Waals surface area contributed by atoms with Gasteiger partial charge in [-0.3, -0.25) is 4.79 Å². The summed E-state index contributed by atoms with van der Waals surface area (Å²) in [7, 11) is 2.15. The van der Waals surface area contributed by atoms with Crippen LogP contribution in [0.15, 0.2) is 65.6 Å². The fourth-order valence-electron chi connectivity index (χ4n) is 4.67. The van der Waals surface area contributed by atoms with E-state index in [1.807, 2.05) is 49.4 Å². The number of nitrogens with one attached hydrogen (secondary N) is 1. The highest BCUT2D eigenvalue weighted by molar-refractivity contribution is 5.83. The molecule has 8 heteroatoms. The van der Waals surface area contributed by atoms with Crippen molar-refractivity contribution in [2.45, 2.75) is 19.9 Å². The minimum absolute atomic E-state index is 0.0123. The molecule has 36 heavy (non-hydrogen) atoms. The zero-order valence-electron chi connectivity index (χ0n) is 20.8. The molecule has 0 bridgehead atoms. The summed E-state index contributed by atoms with van der Waals surface area (Å²) < 4.78 is 1.71. The number of hydrogen-bond acceptors (Lipinski definition) is 7. The molecular formula is C28H32N6O2. The summed E-state index contributed by atoms with van der Waals surface area (Å²) in [5.41, 5.74) is 5.10. The van der Waals surface area contributed by atoms with Crippen LogP contribution in [0.4, 0.5) is 17.3 Å². The van der Waals surface area contributed by atoms with Crippen molar-refractivity contribution >= 4 is 28.2 Å². The van der Waals surface area contributed by atoms with Gasteiger partial charge in [0, 0.05) is 67.9 Å². The maximum atomic E-state index is 13.5. The molecule has 8 nitrogen and oxygen atoms in total. The smallest absolute Gasteiger partial charge is 0.277 e. The summed E-state index contributed by atoms with van der Waals surface area (Å²) in [5, 5.41) is 13.3. The Morgan fingerprint density at radius 2 is 1.78 bits per heavy atom. The molecule has 2 N–H and O–H groups in total. The van der Waals surface area contributed by atoms with Crippen LogP contribution >= 0.6 is 0 Å². The average Bonchev–Trinajstić information content (AvgIpc) is 2.90. The van der Waals surface area contributed by atoms with Gasteiger partial charge in [0.1, 0.15) is 5.52 Å². The van der Waals surface area contributed by atoms with Gasteiger partial charge in [-0.25, -0.2) is 9.97 Å². The molecule has 186 valence electrons. The van der Waals surface area contributed by atoms with Crippen molar-refractivity contribution in [3.63, 3.8) is 0 Å². The van der Waals surface area contributed by atoms with Crippen LogP contribution in [0.25, 0.3) is 22.2 Å². The molecule has 1 aliphatic rings. The number of aromatic nitrogens is 3. The minimum Gasteiger partial charge on any atom is -0.396 e. The zero-order valence-corrected chi connectivity index (χ0v) is 20.8. The number of rotatable bonds is 7. The lowest BCUT2D eigenvalue weighted by Crippen LogP contribution is -2.44. The van der Waals surface area contributed by atoms with E-state index in [0.29, 0.717) is 29.8 Å². The van der Waals surface area contributed by atoms with Gasteiger partial charge in [-0.2, -0.15) is 0 Å². The van der Waals surface area contributed by atoms with Crippen molar-refractivity contribution in [2.75, 3.05) is 50.1 Å². The Balaban J connectivity index is 1.45. The summed E-state index contributed by atoms with van der Waals surface area (Å²) in [4.78, 5) is 27.3. The van der Waals surface area contributed by atoms with Crippen LogP contribution in [-0.2, 0) is 6.54 Å². The Bertz CT molecular complexity index is 1410. The number of aliphatic hydroxyl groups excluding tert-OH is 1. The molecule has 0 spiro atoms. The summed E-state index contributed by atoms with van der Waals surface area (Å²) in [6.07, 6.45) is 2.18. The van der Waals surface area contributed by atoms with E-state index in [-0.39, 0.29) is 12.2 Å². The Labute approximate surface area is 210 Å². The summed E-state index contributed by atoms with van der Waals surface area (Å²) in [5.74, 6) is 0.379. The maximum absolute atomic E-state index is 13.5. The molecule has 0 atom stereocenters. The van der Waals surface area contributed by atoms with Crippen LogP contribution in [0.3, 0.4) is 0 Å². The molecule has 2 aromatic carbocycles. The van der Waals surface area contributed by atoms with Crippen LogP contribution in [0.5, 0.6) is 0 Å². The number of pyridine rings is 1. The number of likely N-dealkylation sites (N-methyl/N-ethyl adjacent to an activating group) is 1. The van der Waals surface area contributed by atoms with Crippen LogP contribution < -0.4 is 15.8 Å². The first-order valence-corrected chi connectivity index (χ1v) is 12.4. The number of fused-ring (bicyclic) bond motifs is 1. The lowest BCUT2D eigenvalue weighted by Gasteiger charge is -2.34. The number of aryl methyl sites for hydroxylation is 1. The molecule has 0 radical (unpaired) electrons. The van der Waals surface area contributed by atoms with Gasteiger partial charge >= 0.3 is 0 Å². The third-order valence-electron chi connectivity index (χ3n) is 6.80. The van der Waals surface area contributed by atoms with Crippen molar-refractivity contribution < 1.29 is 5.11 Å². The normalized spacial score (nSPS) is 14.4. The van der Waals surface area contributed by atoms with Gasteiger partial charge in [-0.15, -0.1) is 0 Å². The molecule has 0 amide bonds. The monoisotopic (exact) mass is 484 g/mol. The Hall–Kier alpha value is -3.75. The predicted octanol–water partition coefficient (Wildman–Crippen LogP) is 3.64. The number of benzene rings is 2. The van der Waals surface area contributed by atoms with E-state index < -0.39 is 0 Å². The Morgan fingerprint density at radius 3 is 2.50 bits per heavy atom. The highest BCUT2D eigenvalue weighted by atomic mass is 16.3. The second-order valence-corrected chi connectivity index (χ2v) is 9.34. The van der Waals surface area contributed by atoms with E-state index in [2.05, 4.69) is 44.3 Å². The summed E-state index contributed by atoms with van der Waals surface area (Å²) in [6, 6.07) is 18.2. The largest absolute Gasteiger partial charge is 0.396 e. The van der Waals surface area contributed by atoms with E-state index in [1.54, 1.807) is 10.8 Å². The van der Waals surface area contributed by atoms with Crippen molar-refractivity contribution in [1.82, 2.24) is 19.4 Å². The second-order valence-electron chi connectivity index (χ2n) is 9.34. The lowest BCUT2D eigenvalue weighted by atomic mass is 10.0. The fraction of sp³-hybridized carbons (Fsp3) is 0.321. The second kappa shape index (κ2) is 10.5. The average molecular weight is 485 g/mol. The van der Waals surface area contributed by atoms with E-state index in [4.69, 9.17) is 0 Å². The molecule has 0 aliphatic carbocycles. The quantitative estimate of drug-likeness (QED) is 0.414. The van der Waals surface area contributed by atoms with Gasteiger partial charge in [0.25, 0.3) is 5.56 Å². The standard InChI is InChI=1S/C28H32N6O2/c1-20-6-3-4-7-24(20)25-18-21-19-29-28(31-26(21)27(36)34(25)12-5-17-35)30-22-8-10-23(11-9-22)33-15-13-32(2)14-16-33/h3-4,6-11,18-19,35H,5,12-17H2,1-2H3,(H,29,30,31). The van der Waals surface area contributed by atoms with Crippen LogP contribution in [0, 0.1) is 6.92 Å². The van der Waals surface area contributed by atoms with Crippen molar-refractivity contribution in [2.24, 2.45) is 0 Å². The van der Waals surface area contributed by atoms with E-state index in [9.17, 15) is 9.90 Å². The lowest BCUT2D eigenvalue weighted by molar-refractivity contribution is 0.279. The number of piperazine rings is 1. The van der Waals surface area contributed by atoms with Crippen molar-refractivity contribution in [1.29, 1.82) is 0 Å². The molecular weight excluding hydrogens is 452 g/mol. The Kier molecular flexibility index (Phi) is 6.97. The first-order valence-electron chi connectivity index (χ1n) is 12.4. The van der Waals surface area contributed by atoms with Gasteiger partial charge in [0.2, 0.25) is 5.95 Å². The highest BCUT2D eigenvalue weighted by Crippen LogP contribution is 2.26. The molecule has 4 aromatic rings. The van der Waals surface area contributed by atoms with Crippen molar-refractivity contribution in [3.05, 3.63) is 76.7 Å². The molecule has 1 aliphatic heterocycles. The topological polar surface area (TPSA) is 86.5 Å². The fourth-order valence-corrected chi connectivity index (χ4v) is 4.67. The zero-order chi connectivity index (χ0) is 25.1. The van der Waals surface area contributed by atoms with E-state index in [1.165, 1.54) is 5.69 Å². The van der Waals surface area contributed by atoms with Gasteiger partial charge in [-0.1, -0.05) is 24.3 Å². The SMILES string of the molecule is Cc1ccccc1-c1cc2cnc(Nc3ccc(N4CCN(C)CC4)cc3)nc2c(=O)n1CCCO. The molecule has 0 unspecified atom stereocenters. The third-order valence-corrected chi connectivity index (χ3v) is 6.80. The van der Waals surface area contributed by atoms with Crippen LogP contribution in [0.1, 0.15) is 12.0 Å². The van der Waals surface area contributed by atoms with E-state index in [0.717, 1.165) is 48.7 Å². The number of anilines is 3. The highest BCUT2D eigenvalue weighted by Gasteiger charge is 2.16. The third kappa shape index (κ3) is 4.96. The maximum Gasteiger partial charge on any atom is 0.277 e. The summed E-state index contributed by atoms with van der Waals surface area (Å²) in [6.45, 7) is 6.61. The molecule has 3 heterocycles. The molecule has 0 saturated carbocycles. The van der Waals surface area contributed by atoms with Gasteiger partial charge in [-0.05, 0) is 56.3 Å². The molecule has 1 fully saturated rings. The van der Waals surface area contributed by atoms with Gasteiger partial charge < -0.3 is 24.8 Å². The molecule has 5 rings (SSSR count).